The molecule has 4 nitrogen and oxygen atoms in total. The van der Waals surface area contributed by atoms with Crippen LogP contribution in [0.1, 0.15) is 12.5 Å². The van der Waals surface area contributed by atoms with E-state index in [1.807, 2.05) is 43.5 Å². The molecule has 2 unspecified atom stereocenters. The SMILES string of the molecule is CSC1C(C)C(=O)N1CC(=O)NCc1ccccc1. The highest BCUT2D eigenvalue weighted by molar-refractivity contribution is 7.99. The van der Waals surface area contributed by atoms with Crippen LogP contribution in [-0.2, 0) is 16.1 Å². The fourth-order valence-corrected chi connectivity index (χ4v) is 3.16. The maximum atomic E-state index is 11.8. The summed E-state index contributed by atoms with van der Waals surface area (Å²) in [6.45, 7) is 2.56. The van der Waals surface area contributed by atoms with Gasteiger partial charge in [-0.15, -0.1) is 11.8 Å². The smallest absolute Gasteiger partial charge is 0.239 e. The molecular weight excluding hydrogens is 260 g/mol. The van der Waals surface area contributed by atoms with Gasteiger partial charge in [0.25, 0.3) is 0 Å². The minimum Gasteiger partial charge on any atom is -0.350 e. The maximum Gasteiger partial charge on any atom is 0.239 e. The summed E-state index contributed by atoms with van der Waals surface area (Å²) in [5.74, 6) is -0.0192. The Balaban J connectivity index is 1.80. The summed E-state index contributed by atoms with van der Waals surface area (Å²) in [6.07, 6.45) is 1.96. The molecule has 1 aliphatic heterocycles. The quantitative estimate of drug-likeness (QED) is 0.830. The molecule has 0 radical (unpaired) electrons. The van der Waals surface area contributed by atoms with Gasteiger partial charge in [-0.3, -0.25) is 9.59 Å². The van der Waals surface area contributed by atoms with Crippen LogP contribution in [0.3, 0.4) is 0 Å². The number of nitrogens with zero attached hydrogens (tertiary/aromatic N) is 1. The van der Waals surface area contributed by atoms with Gasteiger partial charge in [-0.2, -0.15) is 0 Å². The zero-order valence-corrected chi connectivity index (χ0v) is 11.9. The number of thioether (sulfide) groups is 1. The first-order chi connectivity index (χ1) is 9.13. The summed E-state index contributed by atoms with van der Waals surface area (Å²) in [6, 6.07) is 9.73. The van der Waals surface area contributed by atoms with Crippen LogP contribution < -0.4 is 5.32 Å². The summed E-state index contributed by atoms with van der Waals surface area (Å²) in [5.41, 5.74) is 1.06. The van der Waals surface area contributed by atoms with E-state index in [1.54, 1.807) is 16.7 Å². The Kier molecular flexibility index (Phi) is 4.47. The van der Waals surface area contributed by atoms with Crippen LogP contribution in [0.15, 0.2) is 30.3 Å². The normalized spacial score (nSPS) is 22.0. The minimum atomic E-state index is -0.108. The van der Waals surface area contributed by atoms with Crippen LogP contribution in [0, 0.1) is 5.92 Å². The maximum absolute atomic E-state index is 11.8. The van der Waals surface area contributed by atoms with Crippen molar-refractivity contribution < 1.29 is 9.59 Å². The highest BCUT2D eigenvalue weighted by atomic mass is 32.2. The zero-order valence-electron chi connectivity index (χ0n) is 11.1. The molecule has 0 spiro atoms. The molecule has 1 aromatic rings. The number of rotatable bonds is 5. The van der Waals surface area contributed by atoms with E-state index in [0.717, 1.165) is 5.56 Å². The van der Waals surface area contributed by atoms with Crippen molar-refractivity contribution >= 4 is 23.6 Å². The number of carbonyl (C=O) groups excluding carboxylic acids is 2. The molecule has 1 aliphatic rings. The Bertz CT molecular complexity index is 464. The van der Waals surface area contributed by atoms with E-state index < -0.39 is 0 Å². The topological polar surface area (TPSA) is 49.4 Å². The molecule has 1 aromatic carbocycles. The number of hydrogen-bond donors (Lipinski definition) is 1. The van der Waals surface area contributed by atoms with Gasteiger partial charge in [-0.1, -0.05) is 37.3 Å². The highest BCUT2D eigenvalue weighted by Gasteiger charge is 2.44. The Morgan fingerprint density at radius 1 is 1.37 bits per heavy atom. The minimum absolute atomic E-state index is 0.0249. The van der Waals surface area contributed by atoms with Gasteiger partial charge >= 0.3 is 0 Å². The molecule has 0 aromatic heterocycles. The van der Waals surface area contributed by atoms with E-state index >= 15 is 0 Å². The molecule has 0 bridgehead atoms. The number of β-lactam (4-membered cyclic amide) rings is 1. The molecule has 1 N–H and O–H groups in total. The van der Waals surface area contributed by atoms with Crippen molar-refractivity contribution in [3.63, 3.8) is 0 Å². The van der Waals surface area contributed by atoms with Gasteiger partial charge in [0.15, 0.2) is 0 Å². The predicted molar refractivity (Wildman–Crippen MR) is 76.5 cm³/mol. The first kappa shape index (κ1) is 13.9. The second-order valence-corrected chi connectivity index (χ2v) is 5.60. The van der Waals surface area contributed by atoms with Crippen LogP contribution >= 0.6 is 11.8 Å². The predicted octanol–water partition coefficient (Wildman–Crippen LogP) is 1.47. The molecule has 2 atom stereocenters. The number of nitrogens with one attached hydrogen (secondary N) is 1. The summed E-state index contributed by atoms with van der Waals surface area (Å²) < 4.78 is 0. The first-order valence-corrected chi connectivity index (χ1v) is 7.56. The van der Waals surface area contributed by atoms with Gasteiger partial charge in [0, 0.05) is 6.54 Å². The van der Waals surface area contributed by atoms with Crippen LogP contribution in [0.4, 0.5) is 0 Å². The van der Waals surface area contributed by atoms with Crippen molar-refractivity contribution in [2.45, 2.75) is 18.8 Å². The van der Waals surface area contributed by atoms with E-state index in [-0.39, 0.29) is 29.7 Å². The molecule has 0 saturated carbocycles. The molecule has 2 amide bonds. The third kappa shape index (κ3) is 3.10. The standard InChI is InChI=1S/C14H18N2O2S/c1-10-13(18)16(14(10)19-2)9-12(17)15-8-11-6-4-3-5-7-11/h3-7,10,14H,8-9H2,1-2H3,(H,15,17). The summed E-state index contributed by atoms with van der Waals surface area (Å²) in [5, 5.41) is 2.97. The van der Waals surface area contributed by atoms with Crippen LogP contribution in [-0.4, -0.2) is 34.9 Å². The lowest BCUT2D eigenvalue weighted by Gasteiger charge is -2.44. The molecule has 1 fully saturated rings. The van der Waals surface area contributed by atoms with E-state index in [9.17, 15) is 9.59 Å². The molecule has 1 heterocycles. The molecular formula is C14H18N2O2S. The number of likely N-dealkylation sites (tertiary alicyclic amines) is 1. The van der Waals surface area contributed by atoms with Crippen molar-refractivity contribution in [1.29, 1.82) is 0 Å². The lowest BCUT2D eigenvalue weighted by molar-refractivity contribution is -0.152. The second kappa shape index (κ2) is 6.10. The number of benzene rings is 1. The van der Waals surface area contributed by atoms with Crippen LogP contribution in [0.2, 0.25) is 0 Å². The van der Waals surface area contributed by atoms with E-state index in [2.05, 4.69) is 5.32 Å². The van der Waals surface area contributed by atoms with Gasteiger partial charge in [-0.25, -0.2) is 0 Å². The lowest BCUT2D eigenvalue weighted by atomic mass is 10.0. The van der Waals surface area contributed by atoms with Gasteiger partial charge in [-0.05, 0) is 11.8 Å². The van der Waals surface area contributed by atoms with Gasteiger partial charge < -0.3 is 10.2 Å². The van der Waals surface area contributed by atoms with E-state index in [1.165, 1.54) is 0 Å². The Morgan fingerprint density at radius 2 is 2.05 bits per heavy atom. The summed E-state index contributed by atoms with van der Waals surface area (Å²) in [4.78, 5) is 25.1. The number of amides is 2. The fourth-order valence-electron chi connectivity index (χ4n) is 2.20. The molecule has 5 heteroatoms. The van der Waals surface area contributed by atoms with Crippen molar-refractivity contribution in [2.24, 2.45) is 5.92 Å². The Labute approximate surface area is 117 Å². The average Bonchev–Trinajstić information content (AvgIpc) is 2.45. The van der Waals surface area contributed by atoms with Crippen molar-refractivity contribution in [3.05, 3.63) is 35.9 Å². The average molecular weight is 278 g/mol. The third-order valence-corrected chi connectivity index (χ3v) is 4.44. The summed E-state index contributed by atoms with van der Waals surface area (Å²) >= 11 is 1.61. The zero-order chi connectivity index (χ0) is 13.8. The first-order valence-electron chi connectivity index (χ1n) is 6.27. The molecule has 19 heavy (non-hydrogen) atoms. The summed E-state index contributed by atoms with van der Waals surface area (Å²) in [7, 11) is 0. The third-order valence-electron chi connectivity index (χ3n) is 3.30. The molecule has 102 valence electrons. The van der Waals surface area contributed by atoms with Crippen LogP contribution in [0.25, 0.3) is 0 Å². The number of carbonyl (C=O) groups is 2. The second-order valence-electron chi connectivity index (χ2n) is 4.64. The molecule has 0 aliphatic carbocycles. The molecule has 1 saturated heterocycles. The van der Waals surface area contributed by atoms with Gasteiger partial charge in [0.2, 0.25) is 11.8 Å². The monoisotopic (exact) mass is 278 g/mol. The van der Waals surface area contributed by atoms with E-state index in [0.29, 0.717) is 6.54 Å². The number of hydrogen-bond acceptors (Lipinski definition) is 3. The van der Waals surface area contributed by atoms with Crippen LogP contribution in [0.5, 0.6) is 0 Å². The Hall–Kier alpha value is -1.49. The largest absolute Gasteiger partial charge is 0.350 e. The lowest BCUT2D eigenvalue weighted by Crippen LogP contribution is -2.60. The van der Waals surface area contributed by atoms with Crippen molar-refractivity contribution in [3.8, 4) is 0 Å². The van der Waals surface area contributed by atoms with Crippen molar-refractivity contribution in [2.75, 3.05) is 12.8 Å². The Morgan fingerprint density at radius 3 is 2.68 bits per heavy atom. The van der Waals surface area contributed by atoms with Gasteiger partial charge in [0.05, 0.1) is 11.3 Å². The van der Waals surface area contributed by atoms with E-state index in [4.69, 9.17) is 0 Å². The molecule has 2 rings (SSSR count). The van der Waals surface area contributed by atoms with Gasteiger partial charge in [0.1, 0.15) is 6.54 Å². The van der Waals surface area contributed by atoms with Crippen molar-refractivity contribution in [1.82, 2.24) is 10.2 Å². The highest BCUT2D eigenvalue weighted by Crippen LogP contribution is 2.32. The fraction of sp³-hybridized carbons (Fsp3) is 0.429.